The normalized spacial score (nSPS) is 19.9. The van der Waals surface area contributed by atoms with Gasteiger partial charge in [-0.3, -0.25) is 4.79 Å². The molecule has 0 saturated carbocycles. The van der Waals surface area contributed by atoms with Crippen LogP contribution in [-0.4, -0.2) is 13.0 Å². The SMILES string of the molecule is COc1ccc(C2CC(=O)N2)cc1Cl. The number of hydrogen-bond acceptors (Lipinski definition) is 2. The van der Waals surface area contributed by atoms with Crippen molar-refractivity contribution in [2.75, 3.05) is 7.11 Å². The average Bonchev–Trinajstić information content (AvgIpc) is 2.13. The molecule has 1 fully saturated rings. The molecule has 2 rings (SSSR count). The molecule has 1 aliphatic rings. The second-order valence-corrected chi connectivity index (χ2v) is 3.63. The number of β-lactam (4-membered cyclic amide) rings is 1. The molecule has 14 heavy (non-hydrogen) atoms. The summed E-state index contributed by atoms with van der Waals surface area (Å²) in [5.41, 5.74) is 1.02. The Balaban J connectivity index is 2.20. The minimum atomic E-state index is 0.0851. The van der Waals surface area contributed by atoms with Gasteiger partial charge in [-0.05, 0) is 17.7 Å². The Morgan fingerprint density at radius 2 is 2.29 bits per heavy atom. The Hall–Kier alpha value is -1.22. The Bertz CT molecular complexity index is 370. The van der Waals surface area contributed by atoms with E-state index in [1.165, 1.54) is 0 Å². The second kappa shape index (κ2) is 3.50. The topological polar surface area (TPSA) is 38.3 Å². The fourth-order valence-electron chi connectivity index (χ4n) is 1.46. The largest absolute Gasteiger partial charge is 0.495 e. The summed E-state index contributed by atoms with van der Waals surface area (Å²) in [6.45, 7) is 0. The lowest BCUT2D eigenvalue weighted by atomic mass is 9.97. The van der Waals surface area contributed by atoms with Crippen LogP contribution in [0.1, 0.15) is 18.0 Å². The van der Waals surface area contributed by atoms with Gasteiger partial charge in [-0.15, -0.1) is 0 Å². The van der Waals surface area contributed by atoms with Crippen molar-refractivity contribution in [3.8, 4) is 5.75 Å². The van der Waals surface area contributed by atoms with Gasteiger partial charge in [0.2, 0.25) is 5.91 Å². The summed E-state index contributed by atoms with van der Waals surface area (Å²) in [6.07, 6.45) is 0.544. The lowest BCUT2D eigenvalue weighted by Crippen LogP contribution is -2.41. The maximum Gasteiger partial charge on any atom is 0.222 e. The van der Waals surface area contributed by atoms with Crippen molar-refractivity contribution in [2.24, 2.45) is 0 Å². The van der Waals surface area contributed by atoms with Crippen LogP contribution < -0.4 is 10.1 Å². The first-order chi connectivity index (χ1) is 6.70. The molecule has 1 saturated heterocycles. The number of nitrogens with one attached hydrogen (secondary N) is 1. The van der Waals surface area contributed by atoms with E-state index >= 15 is 0 Å². The first-order valence-electron chi connectivity index (χ1n) is 4.33. The molecule has 74 valence electrons. The Morgan fingerprint density at radius 3 is 2.79 bits per heavy atom. The first kappa shape index (κ1) is 9.34. The molecule has 0 spiro atoms. The van der Waals surface area contributed by atoms with Gasteiger partial charge in [-0.1, -0.05) is 17.7 Å². The fraction of sp³-hybridized carbons (Fsp3) is 0.300. The van der Waals surface area contributed by atoms with Crippen LogP contribution in [0.2, 0.25) is 5.02 Å². The molecule has 1 heterocycles. The highest BCUT2D eigenvalue weighted by Crippen LogP contribution is 2.31. The van der Waals surface area contributed by atoms with Crippen molar-refractivity contribution < 1.29 is 9.53 Å². The van der Waals surface area contributed by atoms with Crippen molar-refractivity contribution in [3.63, 3.8) is 0 Å². The van der Waals surface area contributed by atoms with Crippen LogP contribution in [0, 0.1) is 0 Å². The van der Waals surface area contributed by atoms with Crippen LogP contribution in [-0.2, 0) is 4.79 Å². The van der Waals surface area contributed by atoms with E-state index in [1.807, 2.05) is 18.2 Å². The lowest BCUT2D eigenvalue weighted by Gasteiger charge is -2.27. The summed E-state index contributed by atoms with van der Waals surface area (Å²) < 4.78 is 5.03. The highest BCUT2D eigenvalue weighted by molar-refractivity contribution is 6.32. The summed E-state index contributed by atoms with van der Waals surface area (Å²) in [6, 6.07) is 5.66. The minimum absolute atomic E-state index is 0.0851. The minimum Gasteiger partial charge on any atom is -0.495 e. The van der Waals surface area contributed by atoms with Crippen LogP contribution in [0.4, 0.5) is 0 Å². The summed E-state index contributed by atoms with van der Waals surface area (Å²) in [7, 11) is 1.58. The maximum absolute atomic E-state index is 10.7. The Morgan fingerprint density at radius 1 is 1.57 bits per heavy atom. The molecule has 3 nitrogen and oxygen atoms in total. The number of ether oxygens (including phenoxy) is 1. The molecule has 1 aromatic rings. The van der Waals surface area contributed by atoms with E-state index in [4.69, 9.17) is 16.3 Å². The molecular weight excluding hydrogens is 202 g/mol. The molecule has 1 unspecified atom stereocenters. The van der Waals surface area contributed by atoms with Crippen molar-refractivity contribution >= 4 is 17.5 Å². The number of benzene rings is 1. The average molecular weight is 212 g/mol. The van der Waals surface area contributed by atoms with Crippen LogP contribution in [0.25, 0.3) is 0 Å². The molecule has 1 aliphatic heterocycles. The highest BCUT2D eigenvalue weighted by Gasteiger charge is 2.26. The third-order valence-electron chi connectivity index (χ3n) is 2.30. The number of carbonyl (C=O) groups is 1. The molecule has 0 aliphatic carbocycles. The van der Waals surface area contributed by atoms with Gasteiger partial charge in [-0.2, -0.15) is 0 Å². The van der Waals surface area contributed by atoms with Crippen LogP contribution >= 0.6 is 11.6 Å². The van der Waals surface area contributed by atoms with Crippen LogP contribution in [0.15, 0.2) is 18.2 Å². The summed E-state index contributed by atoms with van der Waals surface area (Å²) >= 11 is 5.95. The summed E-state index contributed by atoms with van der Waals surface area (Å²) in [5.74, 6) is 0.739. The fourth-order valence-corrected chi connectivity index (χ4v) is 1.73. The molecule has 1 aromatic carbocycles. The van der Waals surface area contributed by atoms with E-state index in [0.717, 1.165) is 5.56 Å². The van der Waals surface area contributed by atoms with Gasteiger partial charge in [0.25, 0.3) is 0 Å². The maximum atomic E-state index is 10.7. The van der Waals surface area contributed by atoms with E-state index < -0.39 is 0 Å². The van der Waals surface area contributed by atoms with Crippen LogP contribution in [0.5, 0.6) is 5.75 Å². The third-order valence-corrected chi connectivity index (χ3v) is 2.60. The number of hydrogen-bond donors (Lipinski definition) is 1. The van der Waals surface area contributed by atoms with E-state index in [1.54, 1.807) is 7.11 Å². The second-order valence-electron chi connectivity index (χ2n) is 3.22. The molecule has 1 N–H and O–H groups in total. The number of halogens is 1. The standard InChI is InChI=1S/C10H10ClNO2/c1-14-9-3-2-6(4-7(9)11)8-5-10(13)12-8/h2-4,8H,5H2,1H3,(H,12,13). The molecule has 0 radical (unpaired) electrons. The van der Waals surface area contributed by atoms with Gasteiger partial charge in [0.15, 0.2) is 0 Å². The molecule has 0 aromatic heterocycles. The molecular formula is C10H10ClNO2. The zero-order valence-electron chi connectivity index (χ0n) is 7.71. The number of amides is 1. The van der Waals surface area contributed by atoms with Gasteiger partial charge in [-0.25, -0.2) is 0 Å². The highest BCUT2D eigenvalue weighted by atomic mass is 35.5. The van der Waals surface area contributed by atoms with E-state index in [2.05, 4.69) is 5.32 Å². The number of methoxy groups -OCH3 is 1. The van der Waals surface area contributed by atoms with Crippen LogP contribution in [0.3, 0.4) is 0 Å². The molecule has 0 bridgehead atoms. The quantitative estimate of drug-likeness (QED) is 0.759. The molecule has 1 amide bonds. The Kier molecular flexibility index (Phi) is 2.33. The predicted molar refractivity (Wildman–Crippen MR) is 53.5 cm³/mol. The summed E-state index contributed by atoms with van der Waals surface area (Å²) in [4.78, 5) is 10.7. The van der Waals surface area contributed by atoms with Crippen molar-refractivity contribution in [1.29, 1.82) is 0 Å². The third kappa shape index (κ3) is 1.55. The number of rotatable bonds is 2. The first-order valence-corrected chi connectivity index (χ1v) is 4.71. The Labute approximate surface area is 87.0 Å². The predicted octanol–water partition coefficient (Wildman–Crippen LogP) is 1.91. The molecule has 4 heteroatoms. The van der Waals surface area contributed by atoms with Gasteiger partial charge < -0.3 is 10.1 Å². The van der Waals surface area contributed by atoms with Gasteiger partial charge in [0, 0.05) is 0 Å². The van der Waals surface area contributed by atoms with Crippen molar-refractivity contribution in [3.05, 3.63) is 28.8 Å². The van der Waals surface area contributed by atoms with E-state index in [0.29, 0.717) is 17.2 Å². The summed E-state index contributed by atoms with van der Waals surface area (Å²) in [5, 5.41) is 3.36. The van der Waals surface area contributed by atoms with E-state index in [9.17, 15) is 4.79 Å². The zero-order chi connectivity index (χ0) is 10.1. The van der Waals surface area contributed by atoms with Gasteiger partial charge in [0.05, 0.1) is 24.6 Å². The monoisotopic (exact) mass is 211 g/mol. The number of carbonyl (C=O) groups excluding carboxylic acids is 1. The van der Waals surface area contributed by atoms with Crippen molar-refractivity contribution in [1.82, 2.24) is 5.32 Å². The van der Waals surface area contributed by atoms with Gasteiger partial charge >= 0.3 is 0 Å². The smallest absolute Gasteiger partial charge is 0.222 e. The zero-order valence-corrected chi connectivity index (χ0v) is 8.47. The van der Waals surface area contributed by atoms with E-state index in [-0.39, 0.29) is 11.9 Å². The molecule has 1 atom stereocenters. The van der Waals surface area contributed by atoms with Crippen molar-refractivity contribution in [2.45, 2.75) is 12.5 Å². The van der Waals surface area contributed by atoms with Gasteiger partial charge in [0.1, 0.15) is 5.75 Å². The lowest BCUT2D eigenvalue weighted by molar-refractivity contribution is -0.128.